The molecule has 4 nitrogen and oxygen atoms in total. The highest BCUT2D eigenvalue weighted by Crippen LogP contribution is 2.27. The van der Waals surface area contributed by atoms with Crippen molar-refractivity contribution in [1.82, 2.24) is 20.1 Å². The first kappa shape index (κ1) is 16.2. The van der Waals surface area contributed by atoms with Gasteiger partial charge in [0, 0.05) is 24.3 Å². The van der Waals surface area contributed by atoms with E-state index in [1.54, 1.807) is 11.3 Å². The molecule has 2 aromatic heterocycles. The number of aromatic nitrogens is 3. The quantitative estimate of drug-likeness (QED) is 0.921. The van der Waals surface area contributed by atoms with Gasteiger partial charge in [-0.05, 0) is 19.5 Å². The lowest BCUT2D eigenvalue weighted by atomic mass is 9.93. The van der Waals surface area contributed by atoms with Crippen LogP contribution in [0.2, 0.25) is 0 Å². The van der Waals surface area contributed by atoms with E-state index in [0.717, 1.165) is 18.7 Å². The van der Waals surface area contributed by atoms with Gasteiger partial charge in [-0.3, -0.25) is 4.68 Å². The summed E-state index contributed by atoms with van der Waals surface area (Å²) in [7, 11) is 2.01. The van der Waals surface area contributed by atoms with E-state index >= 15 is 0 Å². The number of hydrogen-bond donors (Lipinski definition) is 1. The molecule has 0 saturated carbocycles. The minimum Gasteiger partial charge on any atom is -0.309 e. The molecule has 2 heterocycles. The molecule has 0 bridgehead atoms. The molecule has 0 aliphatic heterocycles. The summed E-state index contributed by atoms with van der Waals surface area (Å²) in [6.45, 7) is 11.7. The van der Waals surface area contributed by atoms with Crippen molar-refractivity contribution < 1.29 is 0 Å². The van der Waals surface area contributed by atoms with E-state index in [-0.39, 0.29) is 11.5 Å². The summed E-state index contributed by atoms with van der Waals surface area (Å²) < 4.78 is 1.97. The van der Waals surface area contributed by atoms with Crippen LogP contribution < -0.4 is 5.32 Å². The van der Waals surface area contributed by atoms with Gasteiger partial charge in [0.2, 0.25) is 0 Å². The molecule has 1 N–H and O–H groups in total. The van der Waals surface area contributed by atoms with Crippen molar-refractivity contribution in [3.8, 4) is 0 Å². The Bertz CT molecular complexity index is 592. The van der Waals surface area contributed by atoms with Gasteiger partial charge in [-0.15, -0.1) is 11.3 Å². The molecule has 1 atom stereocenters. The van der Waals surface area contributed by atoms with E-state index in [1.807, 2.05) is 18.7 Å². The number of rotatable bonds is 5. The van der Waals surface area contributed by atoms with Gasteiger partial charge in [0.1, 0.15) is 0 Å². The standard InChI is InChI=1S/C16H26N4S/c1-7-17-12(13-8-11(2)19-20(13)6)9-15-18-14(10-21-15)16(3,4)5/h8,10,12,17H,7,9H2,1-6H3. The van der Waals surface area contributed by atoms with Crippen LogP contribution in [-0.2, 0) is 18.9 Å². The Morgan fingerprint density at radius 1 is 1.38 bits per heavy atom. The van der Waals surface area contributed by atoms with Crippen molar-refractivity contribution in [1.29, 1.82) is 0 Å². The van der Waals surface area contributed by atoms with Crippen LogP contribution in [0.5, 0.6) is 0 Å². The maximum atomic E-state index is 4.81. The molecule has 0 aromatic carbocycles. The van der Waals surface area contributed by atoms with Gasteiger partial charge >= 0.3 is 0 Å². The van der Waals surface area contributed by atoms with Gasteiger partial charge in [0.25, 0.3) is 0 Å². The minimum absolute atomic E-state index is 0.117. The summed E-state index contributed by atoms with van der Waals surface area (Å²) in [5, 5.41) is 11.4. The second kappa shape index (κ2) is 6.28. The second-order valence-electron chi connectivity index (χ2n) is 6.53. The average molecular weight is 306 g/mol. The Morgan fingerprint density at radius 3 is 2.57 bits per heavy atom. The smallest absolute Gasteiger partial charge is 0.0948 e. The number of nitrogens with one attached hydrogen (secondary N) is 1. The molecule has 0 aliphatic rings. The van der Waals surface area contributed by atoms with Crippen molar-refractivity contribution in [2.24, 2.45) is 7.05 Å². The van der Waals surface area contributed by atoms with Gasteiger partial charge in [0.15, 0.2) is 0 Å². The molecular weight excluding hydrogens is 280 g/mol. The molecule has 0 spiro atoms. The Morgan fingerprint density at radius 2 is 2.10 bits per heavy atom. The van der Waals surface area contributed by atoms with Crippen LogP contribution in [0.3, 0.4) is 0 Å². The van der Waals surface area contributed by atoms with Crippen LogP contribution in [0.25, 0.3) is 0 Å². The van der Waals surface area contributed by atoms with Crippen LogP contribution in [0, 0.1) is 6.92 Å². The molecular formula is C16H26N4S. The number of thiazole rings is 1. The first-order valence-corrected chi connectivity index (χ1v) is 8.38. The van der Waals surface area contributed by atoms with Crippen molar-refractivity contribution in [2.75, 3.05) is 6.54 Å². The monoisotopic (exact) mass is 306 g/mol. The summed E-state index contributed by atoms with van der Waals surface area (Å²) in [6.07, 6.45) is 0.910. The number of likely N-dealkylation sites (N-methyl/N-ethyl adjacent to an activating group) is 1. The summed E-state index contributed by atoms with van der Waals surface area (Å²) in [6, 6.07) is 2.42. The third-order valence-electron chi connectivity index (χ3n) is 3.54. The SMILES string of the molecule is CCNC(Cc1nc(C(C)(C)C)cs1)c1cc(C)nn1C. The molecule has 21 heavy (non-hydrogen) atoms. The zero-order chi connectivity index (χ0) is 15.6. The van der Waals surface area contributed by atoms with Crippen molar-refractivity contribution in [3.63, 3.8) is 0 Å². The zero-order valence-electron chi connectivity index (χ0n) is 13.9. The second-order valence-corrected chi connectivity index (χ2v) is 7.47. The topological polar surface area (TPSA) is 42.7 Å². The summed E-state index contributed by atoms with van der Waals surface area (Å²) in [4.78, 5) is 4.81. The Hall–Kier alpha value is -1.20. The van der Waals surface area contributed by atoms with Crippen LogP contribution in [-0.4, -0.2) is 21.3 Å². The summed E-state index contributed by atoms with van der Waals surface area (Å²) >= 11 is 1.76. The number of hydrogen-bond acceptors (Lipinski definition) is 4. The normalized spacial score (nSPS) is 13.6. The first-order valence-electron chi connectivity index (χ1n) is 7.50. The molecule has 0 saturated heterocycles. The highest BCUT2D eigenvalue weighted by molar-refractivity contribution is 7.09. The van der Waals surface area contributed by atoms with Gasteiger partial charge in [-0.2, -0.15) is 5.10 Å². The van der Waals surface area contributed by atoms with Crippen LogP contribution in [0.15, 0.2) is 11.4 Å². The molecule has 0 radical (unpaired) electrons. The van der Waals surface area contributed by atoms with Gasteiger partial charge in [-0.1, -0.05) is 27.7 Å². The first-order chi connectivity index (χ1) is 9.81. The molecule has 0 aliphatic carbocycles. The van der Waals surface area contributed by atoms with Crippen LogP contribution in [0.4, 0.5) is 0 Å². The summed E-state index contributed by atoms with van der Waals surface area (Å²) in [5.74, 6) is 0. The number of aryl methyl sites for hydroxylation is 2. The van der Waals surface area contributed by atoms with Gasteiger partial charge in [-0.25, -0.2) is 4.98 Å². The minimum atomic E-state index is 0.117. The predicted octanol–water partition coefficient (Wildman–Crippen LogP) is 3.38. The van der Waals surface area contributed by atoms with Gasteiger partial charge < -0.3 is 5.32 Å². The largest absolute Gasteiger partial charge is 0.309 e. The Labute approximate surface area is 131 Å². The molecule has 2 rings (SSSR count). The van der Waals surface area contributed by atoms with E-state index in [2.05, 4.69) is 49.6 Å². The van der Waals surface area contributed by atoms with E-state index in [9.17, 15) is 0 Å². The van der Waals surface area contributed by atoms with Crippen molar-refractivity contribution >= 4 is 11.3 Å². The molecule has 2 aromatic rings. The third-order valence-corrected chi connectivity index (χ3v) is 4.42. The zero-order valence-corrected chi connectivity index (χ0v) is 14.7. The van der Waals surface area contributed by atoms with E-state index in [1.165, 1.54) is 16.4 Å². The molecule has 0 amide bonds. The Kier molecular flexibility index (Phi) is 4.84. The van der Waals surface area contributed by atoms with E-state index in [0.29, 0.717) is 0 Å². The number of nitrogens with zero attached hydrogens (tertiary/aromatic N) is 3. The van der Waals surface area contributed by atoms with E-state index < -0.39 is 0 Å². The fourth-order valence-electron chi connectivity index (χ4n) is 2.41. The maximum absolute atomic E-state index is 4.81. The molecule has 1 unspecified atom stereocenters. The lowest BCUT2D eigenvalue weighted by molar-refractivity contribution is 0.503. The predicted molar refractivity (Wildman–Crippen MR) is 88.9 cm³/mol. The lowest BCUT2D eigenvalue weighted by Gasteiger charge is -2.17. The van der Waals surface area contributed by atoms with Gasteiger partial charge in [0.05, 0.1) is 28.1 Å². The van der Waals surface area contributed by atoms with Crippen molar-refractivity contribution in [3.05, 3.63) is 33.5 Å². The van der Waals surface area contributed by atoms with Crippen LogP contribution >= 0.6 is 11.3 Å². The fourth-order valence-corrected chi connectivity index (χ4v) is 3.48. The fraction of sp³-hybridized carbons (Fsp3) is 0.625. The Balaban J connectivity index is 2.20. The molecule has 116 valence electrons. The third kappa shape index (κ3) is 3.92. The van der Waals surface area contributed by atoms with E-state index in [4.69, 9.17) is 4.98 Å². The summed E-state index contributed by atoms with van der Waals surface area (Å²) in [5.41, 5.74) is 3.58. The highest BCUT2D eigenvalue weighted by atomic mass is 32.1. The molecule has 0 fully saturated rings. The molecule has 5 heteroatoms. The lowest BCUT2D eigenvalue weighted by Crippen LogP contribution is -2.25. The highest BCUT2D eigenvalue weighted by Gasteiger charge is 2.21. The maximum Gasteiger partial charge on any atom is 0.0948 e. The van der Waals surface area contributed by atoms with Crippen molar-refractivity contribution in [2.45, 2.75) is 52.5 Å². The van der Waals surface area contributed by atoms with Crippen LogP contribution in [0.1, 0.15) is 55.8 Å². The average Bonchev–Trinajstić information content (AvgIpc) is 2.95.